The zero-order chi connectivity index (χ0) is 21.4. The average Bonchev–Trinajstić information content (AvgIpc) is 2.61. The Morgan fingerprint density at radius 3 is 2.04 bits per heavy atom. The highest BCUT2D eigenvalue weighted by Gasteiger charge is 2.09. The molecule has 0 aromatic rings. The van der Waals surface area contributed by atoms with Crippen molar-refractivity contribution in [3.8, 4) is 0 Å². The van der Waals surface area contributed by atoms with Gasteiger partial charge in [-0.3, -0.25) is 0 Å². The first-order valence-corrected chi connectivity index (χ1v) is 11.6. The Bertz CT molecular complexity index is 573. The summed E-state index contributed by atoms with van der Waals surface area (Å²) in [5.41, 5.74) is 6.64. The molecule has 0 aromatic carbocycles. The largest absolute Gasteiger partial charge is 0.382 e. The second-order valence-corrected chi connectivity index (χ2v) is 9.05. The first kappa shape index (κ1) is 26.6. The van der Waals surface area contributed by atoms with Crippen molar-refractivity contribution in [2.75, 3.05) is 11.5 Å². The van der Waals surface area contributed by atoms with Gasteiger partial charge in [0, 0.05) is 17.2 Å². The van der Waals surface area contributed by atoms with Crippen LogP contribution in [0.15, 0.2) is 72.0 Å². The van der Waals surface area contributed by atoms with Gasteiger partial charge >= 0.3 is 0 Å². The van der Waals surface area contributed by atoms with Crippen molar-refractivity contribution in [2.45, 2.75) is 79.2 Å². The van der Waals surface area contributed by atoms with Crippen molar-refractivity contribution in [3.63, 3.8) is 0 Å². The summed E-state index contributed by atoms with van der Waals surface area (Å²) in [4.78, 5) is 0. The Morgan fingerprint density at radius 2 is 1.46 bits per heavy atom. The summed E-state index contributed by atoms with van der Waals surface area (Å²) in [6.07, 6.45) is 15.6. The molecule has 1 nitrogen and oxygen atoms in total. The van der Waals surface area contributed by atoms with Crippen LogP contribution in [0.2, 0.25) is 0 Å². The second kappa shape index (κ2) is 16.5. The predicted molar refractivity (Wildman–Crippen MR) is 133 cm³/mol. The van der Waals surface area contributed by atoms with Gasteiger partial charge in [0.25, 0.3) is 0 Å². The third kappa shape index (κ3) is 15.6. The average molecular weight is 402 g/mol. The van der Waals surface area contributed by atoms with E-state index in [-0.39, 0.29) is 0 Å². The van der Waals surface area contributed by atoms with Crippen molar-refractivity contribution in [1.29, 1.82) is 0 Å². The minimum absolute atomic E-state index is 0.294. The Morgan fingerprint density at radius 1 is 0.857 bits per heavy atom. The highest BCUT2D eigenvalue weighted by Crippen LogP contribution is 2.15. The van der Waals surface area contributed by atoms with Gasteiger partial charge in [0.2, 0.25) is 0 Å². The zero-order valence-corrected chi connectivity index (χ0v) is 19.9. The maximum atomic E-state index is 4.13. The molecule has 0 radical (unpaired) electrons. The molecule has 0 rings (SSSR count). The molecule has 28 heavy (non-hydrogen) atoms. The molecule has 0 saturated carbocycles. The van der Waals surface area contributed by atoms with E-state index in [1.165, 1.54) is 28.7 Å². The molecule has 0 aromatic heterocycles. The second-order valence-electron chi connectivity index (χ2n) is 7.97. The van der Waals surface area contributed by atoms with Gasteiger partial charge in [0.1, 0.15) is 0 Å². The molecule has 1 N–H and O–H groups in total. The van der Waals surface area contributed by atoms with Crippen LogP contribution in [0.3, 0.4) is 0 Å². The number of hydrogen-bond acceptors (Lipinski definition) is 2. The van der Waals surface area contributed by atoms with Gasteiger partial charge < -0.3 is 5.32 Å². The molecule has 0 saturated heterocycles. The highest BCUT2D eigenvalue weighted by atomic mass is 32.2. The third-order valence-corrected chi connectivity index (χ3v) is 5.55. The first-order chi connectivity index (χ1) is 13.3. The van der Waals surface area contributed by atoms with Crippen molar-refractivity contribution in [1.82, 2.24) is 5.32 Å². The number of allylic oxidation sites excluding steroid dienone is 7. The minimum atomic E-state index is 0.294. The summed E-state index contributed by atoms with van der Waals surface area (Å²) < 4.78 is 0. The van der Waals surface area contributed by atoms with Crippen LogP contribution < -0.4 is 5.32 Å². The lowest BCUT2D eigenvalue weighted by molar-refractivity contribution is 0.675. The quantitative estimate of drug-likeness (QED) is 0.207. The Balaban J connectivity index is 4.17. The summed E-state index contributed by atoms with van der Waals surface area (Å²) in [6, 6.07) is 0.294. The SMILES string of the molecule is C=CCCC(=C)NC(CSC/C=C(\C)CC/C=C(\C)CCC=C(C)C)C(=C)C. The maximum Gasteiger partial charge on any atom is 0.0555 e. The zero-order valence-electron chi connectivity index (χ0n) is 19.1. The lowest BCUT2D eigenvalue weighted by Crippen LogP contribution is -2.31. The molecule has 158 valence electrons. The lowest BCUT2D eigenvalue weighted by Gasteiger charge is -2.21. The molecule has 1 atom stereocenters. The summed E-state index contributed by atoms with van der Waals surface area (Å²) in [7, 11) is 0. The summed E-state index contributed by atoms with van der Waals surface area (Å²) >= 11 is 1.95. The van der Waals surface area contributed by atoms with E-state index in [0.717, 1.165) is 49.3 Å². The van der Waals surface area contributed by atoms with Crippen LogP contribution in [-0.2, 0) is 0 Å². The van der Waals surface area contributed by atoms with Crippen LogP contribution in [0.5, 0.6) is 0 Å². The fourth-order valence-electron chi connectivity index (χ4n) is 2.63. The van der Waals surface area contributed by atoms with Crippen LogP contribution in [0.4, 0.5) is 0 Å². The van der Waals surface area contributed by atoms with Gasteiger partial charge in [-0.05, 0) is 73.1 Å². The van der Waals surface area contributed by atoms with Gasteiger partial charge in [-0.1, -0.05) is 59.8 Å². The molecule has 0 heterocycles. The van der Waals surface area contributed by atoms with E-state index in [2.05, 4.69) is 77.9 Å². The fraction of sp³-hybridized carbons (Fsp3) is 0.538. The molecule has 0 spiro atoms. The van der Waals surface area contributed by atoms with E-state index in [0.29, 0.717) is 6.04 Å². The van der Waals surface area contributed by atoms with E-state index in [1.807, 2.05) is 17.8 Å². The smallest absolute Gasteiger partial charge is 0.0555 e. The lowest BCUT2D eigenvalue weighted by atomic mass is 10.1. The van der Waals surface area contributed by atoms with E-state index in [1.54, 1.807) is 0 Å². The van der Waals surface area contributed by atoms with Crippen LogP contribution in [-0.4, -0.2) is 17.5 Å². The molecule has 0 fully saturated rings. The van der Waals surface area contributed by atoms with E-state index < -0.39 is 0 Å². The Hall–Kier alpha value is -1.41. The highest BCUT2D eigenvalue weighted by molar-refractivity contribution is 7.99. The van der Waals surface area contributed by atoms with E-state index in [9.17, 15) is 0 Å². The maximum absolute atomic E-state index is 4.13. The molecular formula is C26H43NS. The molecule has 1 unspecified atom stereocenters. The van der Waals surface area contributed by atoms with Crippen molar-refractivity contribution >= 4 is 11.8 Å². The number of hydrogen-bond donors (Lipinski definition) is 1. The van der Waals surface area contributed by atoms with Crippen molar-refractivity contribution in [2.24, 2.45) is 0 Å². The van der Waals surface area contributed by atoms with Gasteiger partial charge in [-0.15, -0.1) is 6.58 Å². The third-order valence-electron chi connectivity index (χ3n) is 4.58. The fourth-order valence-corrected chi connectivity index (χ4v) is 3.77. The van der Waals surface area contributed by atoms with Gasteiger partial charge in [0.15, 0.2) is 0 Å². The topological polar surface area (TPSA) is 12.0 Å². The van der Waals surface area contributed by atoms with Gasteiger partial charge in [-0.25, -0.2) is 0 Å². The molecule has 0 aliphatic heterocycles. The predicted octanol–water partition coefficient (Wildman–Crippen LogP) is 8.15. The summed E-state index contributed by atoms with van der Waals surface area (Å²) in [6.45, 7) is 22.9. The molecule has 0 amide bonds. The standard InChI is InChI=1S/C26H43NS/c1-9-10-17-25(8)27-26(22(4)5)20-28-19-18-24(7)16-12-15-23(6)14-11-13-21(2)3/h9,13,15,18,26-27H,1,4,8,10-12,14,16-17,19-20H2,2-3,5-7H3/b23-15+,24-18+. The number of rotatable bonds is 16. The molecule has 0 aliphatic rings. The molecule has 0 bridgehead atoms. The normalized spacial score (nSPS) is 13.0. The number of thioether (sulfide) groups is 1. The van der Waals surface area contributed by atoms with Crippen LogP contribution >= 0.6 is 11.8 Å². The van der Waals surface area contributed by atoms with E-state index >= 15 is 0 Å². The van der Waals surface area contributed by atoms with Crippen LogP contribution in [0.25, 0.3) is 0 Å². The monoisotopic (exact) mass is 401 g/mol. The van der Waals surface area contributed by atoms with E-state index in [4.69, 9.17) is 0 Å². The summed E-state index contributed by atoms with van der Waals surface area (Å²) in [5, 5.41) is 3.51. The van der Waals surface area contributed by atoms with Crippen molar-refractivity contribution < 1.29 is 0 Å². The van der Waals surface area contributed by atoms with Crippen LogP contribution in [0, 0.1) is 0 Å². The van der Waals surface area contributed by atoms with Gasteiger partial charge in [0.05, 0.1) is 6.04 Å². The van der Waals surface area contributed by atoms with Gasteiger partial charge in [-0.2, -0.15) is 11.8 Å². The van der Waals surface area contributed by atoms with Crippen molar-refractivity contribution in [3.05, 3.63) is 72.0 Å². The molecule has 0 aliphatic carbocycles. The van der Waals surface area contributed by atoms with Crippen LogP contribution in [0.1, 0.15) is 73.1 Å². The first-order valence-electron chi connectivity index (χ1n) is 10.5. The Kier molecular flexibility index (Phi) is 15.7. The minimum Gasteiger partial charge on any atom is -0.382 e. The Labute approximate surface area is 179 Å². The molecule has 2 heteroatoms. The number of nitrogens with one attached hydrogen (secondary N) is 1. The summed E-state index contributed by atoms with van der Waals surface area (Å²) in [5.74, 6) is 2.08. The molecular weight excluding hydrogens is 358 g/mol.